The second-order valence-corrected chi connectivity index (χ2v) is 24.8. The highest BCUT2D eigenvalue weighted by Gasteiger charge is 2.30. The zero-order chi connectivity index (χ0) is 74.6. The van der Waals surface area contributed by atoms with Crippen molar-refractivity contribution >= 4 is 35.3 Å². The lowest BCUT2D eigenvalue weighted by Crippen LogP contribution is -2.54. The summed E-state index contributed by atoms with van der Waals surface area (Å²) >= 11 is 0. The van der Waals surface area contributed by atoms with E-state index in [1.54, 1.807) is 72.9 Å². The van der Waals surface area contributed by atoms with Gasteiger partial charge in [0.15, 0.2) is 0 Å². The van der Waals surface area contributed by atoms with Gasteiger partial charge in [-0.05, 0) is 54.7 Å². The number of carbonyl (C=O) groups excluding carboxylic acids is 5. The maximum atomic E-state index is 15.1. The molecule has 0 fully saturated rings. The van der Waals surface area contributed by atoms with Crippen LogP contribution in [0.15, 0.2) is 30.6 Å². The smallest absolute Gasteiger partial charge is 0.312 e. The monoisotopic (exact) mass is 1470 g/mol. The van der Waals surface area contributed by atoms with E-state index in [2.05, 4.69) is 62.7 Å². The minimum absolute atomic E-state index is 0.0136. The molecule has 3 aromatic rings. The summed E-state index contributed by atoms with van der Waals surface area (Å²) in [5.74, 6) is -2.30. The fourth-order valence-electron chi connectivity index (χ4n) is 9.11. The molecule has 1 aromatic carbocycles. The fraction of sp³-hybridized carbons (Fsp3) is 0.783. The molecule has 103 heavy (non-hydrogen) atoms. The number of aryl methyl sites for hydroxylation is 1. The number of nitrogens with one attached hydrogen (secondary N) is 4. The average molecular weight is 1470 g/mol. The van der Waals surface area contributed by atoms with Gasteiger partial charge in [0.25, 0.3) is 5.91 Å². The van der Waals surface area contributed by atoms with E-state index in [0.29, 0.717) is 247 Å². The van der Waals surface area contributed by atoms with Crippen LogP contribution < -0.4 is 27.0 Å². The summed E-state index contributed by atoms with van der Waals surface area (Å²) in [6.07, 6.45) is 5.14. The summed E-state index contributed by atoms with van der Waals surface area (Å²) in [4.78, 5) is 69.6. The number of benzene rings is 1. The van der Waals surface area contributed by atoms with Crippen LogP contribution in [-0.2, 0) is 128 Å². The molecule has 0 radical (unpaired) electrons. The van der Waals surface area contributed by atoms with Gasteiger partial charge in [-0.25, -0.2) is 14.2 Å². The number of urea groups is 1. The van der Waals surface area contributed by atoms with E-state index in [9.17, 15) is 19.2 Å². The van der Waals surface area contributed by atoms with Crippen LogP contribution in [0.5, 0.6) is 0 Å². The highest BCUT2D eigenvalue weighted by Crippen LogP contribution is 2.22. The molecule has 2 atom stereocenters. The average Bonchev–Trinajstić information content (AvgIpc) is 1.71. The standard InChI is InChI=1S/C69H122N12O22/c1-9-57-12-13-58(72-65(83)62(11-10-16-71-68(70)86)73-66(84)64(56(2)3)74-63(82)14-19-89-20-15-69(4,5)6)51-61(57)67(85)79(52-59-54-80(77-75-59)17-21-90-27-29-94-35-37-98-43-45-102-49-47-100-41-39-96-33-31-92-25-23-87-7)53-60-55-81(78-76-60)18-22-91-28-30-95-36-38-99-44-46-103-50-48-101-42-40-97-34-32-93-26-24-88-8/h12-13,51,54-56,62,64H,9-11,14-50,52-53H2,1-8H3,(H,72,83)(H,73,84)(H,74,82)(H3,70,71,86)/t62-,64-/m0/s1. The van der Waals surface area contributed by atoms with E-state index in [1.807, 2.05) is 6.92 Å². The van der Waals surface area contributed by atoms with Crippen molar-refractivity contribution in [3.8, 4) is 0 Å². The third kappa shape index (κ3) is 47.9. The van der Waals surface area contributed by atoms with Gasteiger partial charge in [0.05, 0.1) is 243 Å². The van der Waals surface area contributed by atoms with Crippen molar-refractivity contribution in [1.82, 2.24) is 50.8 Å². The number of methoxy groups -OCH3 is 2. The molecule has 6 N–H and O–H groups in total. The molecule has 0 saturated carbocycles. The number of aromatic nitrogens is 6. The number of anilines is 1. The van der Waals surface area contributed by atoms with Gasteiger partial charge in [0, 0.05) is 45.0 Å². The van der Waals surface area contributed by atoms with Crippen LogP contribution in [0.4, 0.5) is 10.5 Å². The van der Waals surface area contributed by atoms with E-state index in [4.69, 9.17) is 86.3 Å². The number of hydrogen-bond donors (Lipinski definition) is 5. The molecule has 6 amide bonds. The van der Waals surface area contributed by atoms with Crippen LogP contribution in [0, 0.1) is 11.3 Å². The van der Waals surface area contributed by atoms with Gasteiger partial charge in [-0.3, -0.25) is 19.2 Å². The molecule has 2 aromatic heterocycles. The SMILES string of the molecule is CCc1ccc(NC(=O)[C@H](CCCNC(N)=O)NC(=O)[C@@H](NC(=O)CCOCCC(C)(C)C)C(C)C)cc1C(=O)N(Cc1cn(CCOCCOCCOCCOCCOCCOCCOCCOC)nn1)Cc1cn(CCOCCOCCOCCOCCOCCOCCOCCOC)nn1. The summed E-state index contributed by atoms with van der Waals surface area (Å²) in [5, 5.41) is 28.5. The lowest BCUT2D eigenvalue weighted by Gasteiger charge is -2.26. The predicted molar refractivity (Wildman–Crippen MR) is 378 cm³/mol. The summed E-state index contributed by atoms with van der Waals surface area (Å²) in [7, 11) is 3.26. The molecule has 0 unspecified atom stereocenters. The van der Waals surface area contributed by atoms with Crippen molar-refractivity contribution in [1.29, 1.82) is 0 Å². The van der Waals surface area contributed by atoms with Gasteiger partial charge < -0.3 is 112 Å². The summed E-state index contributed by atoms with van der Waals surface area (Å²) < 4.78 is 96.7. The van der Waals surface area contributed by atoms with Crippen LogP contribution in [0.2, 0.25) is 0 Å². The van der Waals surface area contributed by atoms with E-state index in [1.165, 1.54) is 0 Å². The summed E-state index contributed by atoms with van der Waals surface area (Å²) in [5.41, 5.74) is 7.62. The molecule has 590 valence electrons. The first-order valence-electron chi connectivity index (χ1n) is 35.8. The largest absolute Gasteiger partial charge is 0.382 e. The normalized spacial score (nSPS) is 12.3. The van der Waals surface area contributed by atoms with E-state index >= 15 is 4.79 Å². The summed E-state index contributed by atoms with van der Waals surface area (Å²) in [6.45, 7) is 26.7. The van der Waals surface area contributed by atoms with Crippen LogP contribution in [-0.4, -0.2) is 309 Å². The number of carbonyl (C=O) groups is 5. The number of amides is 6. The van der Waals surface area contributed by atoms with Crippen molar-refractivity contribution in [2.75, 3.05) is 238 Å². The molecule has 34 nitrogen and oxygen atoms in total. The Morgan fingerprint density at radius 1 is 0.515 bits per heavy atom. The Labute approximate surface area is 608 Å². The molecule has 3 rings (SSSR count). The Balaban J connectivity index is 1.58. The van der Waals surface area contributed by atoms with E-state index in [0.717, 1.165) is 6.42 Å². The molecule has 0 aliphatic rings. The van der Waals surface area contributed by atoms with Crippen molar-refractivity contribution in [2.24, 2.45) is 17.1 Å². The quantitative estimate of drug-likeness (QED) is 0.0507. The van der Waals surface area contributed by atoms with Crippen molar-refractivity contribution < 1.29 is 104 Å². The topological polar surface area (TPSA) is 381 Å². The maximum Gasteiger partial charge on any atom is 0.312 e. The number of nitrogens with zero attached hydrogens (tertiary/aromatic N) is 7. The minimum atomic E-state index is -1.13. The Morgan fingerprint density at radius 2 is 0.903 bits per heavy atom. The number of rotatable bonds is 69. The molecule has 34 heteroatoms. The minimum Gasteiger partial charge on any atom is -0.382 e. The van der Waals surface area contributed by atoms with Gasteiger partial charge in [0.2, 0.25) is 17.7 Å². The highest BCUT2D eigenvalue weighted by atomic mass is 16.6. The lowest BCUT2D eigenvalue weighted by molar-refractivity contribution is -0.132. The lowest BCUT2D eigenvalue weighted by atomic mass is 9.93. The number of primary amides is 1. The molecular weight excluding hydrogens is 1350 g/mol. The van der Waals surface area contributed by atoms with Gasteiger partial charge in [-0.15, -0.1) is 10.2 Å². The Hall–Kier alpha value is -6.03. The van der Waals surface area contributed by atoms with Crippen LogP contribution in [0.25, 0.3) is 0 Å². The molecule has 0 aliphatic carbocycles. The van der Waals surface area contributed by atoms with Gasteiger partial charge in [0.1, 0.15) is 23.5 Å². The second-order valence-electron chi connectivity index (χ2n) is 24.8. The van der Waals surface area contributed by atoms with Crippen molar-refractivity contribution in [3.63, 3.8) is 0 Å². The Bertz CT molecular complexity index is 2550. The maximum absolute atomic E-state index is 15.1. The molecule has 0 bridgehead atoms. The van der Waals surface area contributed by atoms with Crippen LogP contribution >= 0.6 is 0 Å². The van der Waals surface area contributed by atoms with Crippen molar-refractivity contribution in [2.45, 2.75) is 112 Å². The van der Waals surface area contributed by atoms with Crippen LogP contribution in [0.3, 0.4) is 0 Å². The Morgan fingerprint density at radius 3 is 1.27 bits per heavy atom. The molecular formula is C69H122N12O22. The highest BCUT2D eigenvalue weighted by molar-refractivity contribution is 6.01. The number of ether oxygens (including phenoxy) is 17. The molecule has 0 saturated heterocycles. The first-order chi connectivity index (χ1) is 50.0. The summed E-state index contributed by atoms with van der Waals surface area (Å²) in [6, 6.07) is 2.18. The number of nitrogens with two attached hydrogens (primary N) is 1. The first-order valence-corrected chi connectivity index (χ1v) is 35.8. The second kappa shape index (κ2) is 60.1. The molecule has 0 spiro atoms. The van der Waals surface area contributed by atoms with E-state index < -0.39 is 35.8 Å². The first kappa shape index (κ1) is 91.2. The van der Waals surface area contributed by atoms with Gasteiger partial charge in [-0.2, -0.15) is 0 Å². The molecule has 2 heterocycles. The zero-order valence-corrected chi connectivity index (χ0v) is 62.5. The van der Waals surface area contributed by atoms with Gasteiger partial charge >= 0.3 is 6.03 Å². The van der Waals surface area contributed by atoms with Crippen LogP contribution in [0.1, 0.15) is 94.5 Å². The zero-order valence-electron chi connectivity index (χ0n) is 62.5. The fourth-order valence-corrected chi connectivity index (χ4v) is 9.11. The third-order valence-electron chi connectivity index (χ3n) is 14.7. The van der Waals surface area contributed by atoms with Gasteiger partial charge in [-0.1, -0.05) is 58.0 Å². The molecule has 0 aliphatic heterocycles. The third-order valence-corrected chi connectivity index (χ3v) is 14.7. The van der Waals surface area contributed by atoms with Crippen molar-refractivity contribution in [3.05, 3.63) is 53.1 Å². The van der Waals surface area contributed by atoms with E-state index in [-0.39, 0.29) is 68.4 Å². The number of hydrogen-bond acceptors (Lipinski definition) is 26. The Kier molecular flexibility index (Phi) is 53.2. The predicted octanol–water partition coefficient (Wildman–Crippen LogP) is 2.66.